The third-order valence-electron chi connectivity index (χ3n) is 4.44. The lowest BCUT2D eigenvalue weighted by Crippen LogP contribution is -2.50. The van der Waals surface area contributed by atoms with Crippen molar-refractivity contribution >= 4 is 11.6 Å². The largest absolute Gasteiger partial charge is 0.397 e. The van der Waals surface area contributed by atoms with Crippen LogP contribution in [-0.4, -0.2) is 53.8 Å². The van der Waals surface area contributed by atoms with Gasteiger partial charge in [0.15, 0.2) is 0 Å². The van der Waals surface area contributed by atoms with Gasteiger partial charge in [-0.1, -0.05) is 0 Å². The minimum Gasteiger partial charge on any atom is -0.397 e. The fraction of sp³-hybridized carbons (Fsp3) is 0.667. The van der Waals surface area contributed by atoms with Crippen molar-refractivity contribution in [1.82, 2.24) is 14.8 Å². The lowest BCUT2D eigenvalue weighted by Gasteiger charge is -2.35. The van der Waals surface area contributed by atoms with Crippen LogP contribution < -0.4 is 11.1 Å². The maximum atomic E-state index is 12.3. The minimum atomic E-state index is -0.0827. The lowest BCUT2D eigenvalue weighted by molar-refractivity contribution is -0.0462. The quantitative estimate of drug-likeness (QED) is 0.856. The summed E-state index contributed by atoms with van der Waals surface area (Å²) >= 11 is 0. The first kappa shape index (κ1) is 14.4. The summed E-state index contributed by atoms with van der Waals surface area (Å²) < 4.78 is 7.72. The summed E-state index contributed by atoms with van der Waals surface area (Å²) in [5.41, 5.74) is 6.99. The molecule has 1 aromatic heterocycles. The Balaban J connectivity index is 1.53. The normalized spacial score (nSPS) is 25.8. The second kappa shape index (κ2) is 6.07. The highest BCUT2D eigenvalue weighted by Crippen LogP contribution is 2.22. The number of hydrogen-bond acceptors (Lipinski definition) is 4. The summed E-state index contributed by atoms with van der Waals surface area (Å²) in [6, 6.07) is 2.31. The molecule has 6 heteroatoms. The zero-order valence-corrected chi connectivity index (χ0v) is 12.5. The van der Waals surface area contributed by atoms with Crippen molar-refractivity contribution in [3.8, 4) is 0 Å². The molecule has 1 aromatic rings. The summed E-state index contributed by atoms with van der Waals surface area (Å²) in [7, 11) is 0. The molecular weight excluding hydrogens is 268 g/mol. The first-order chi connectivity index (χ1) is 10.2. The van der Waals surface area contributed by atoms with Gasteiger partial charge in [0, 0.05) is 31.9 Å². The zero-order chi connectivity index (χ0) is 14.8. The summed E-state index contributed by atoms with van der Waals surface area (Å²) in [6.45, 7) is 6.15. The molecule has 116 valence electrons. The van der Waals surface area contributed by atoms with Crippen molar-refractivity contribution in [3.05, 3.63) is 18.0 Å². The van der Waals surface area contributed by atoms with Gasteiger partial charge in [-0.05, 0) is 32.4 Å². The number of nitrogens with two attached hydrogens (primary N) is 1. The highest BCUT2D eigenvalue weighted by atomic mass is 16.5. The number of aryl methyl sites for hydroxylation is 1. The first-order valence-electron chi connectivity index (χ1n) is 7.77. The average molecular weight is 292 g/mol. The van der Waals surface area contributed by atoms with Crippen LogP contribution in [0.3, 0.4) is 0 Å². The van der Waals surface area contributed by atoms with E-state index in [0.29, 0.717) is 24.0 Å². The summed E-state index contributed by atoms with van der Waals surface area (Å²) in [6.07, 6.45) is 4.38. The molecule has 0 saturated carbocycles. The Hall–Kier alpha value is -1.53. The van der Waals surface area contributed by atoms with Crippen molar-refractivity contribution in [2.45, 2.75) is 38.5 Å². The van der Waals surface area contributed by atoms with Crippen molar-refractivity contribution in [1.29, 1.82) is 0 Å². The van der Waals surface area contributed by atoms with E-state index >= 15 is 0 Å². The smallest absolute Gasteiger partial charge is 0.268 e. The van der Waals surface area contributed by atoms with E-state index in [-0.39, 0.29) is 12.0 Å². The number of amides is 1. The minimum absolute atomic E-state index is 0.0827. The molecule has 2 atom stereocenters. The summed E-state index contributed by atoms with van der Waals surface area (Å²) in [5, 5.41) is 2.97. The van der Waals surface area contributed by atoms with E-state index in [2.05, 4.69) is 10.2 Å². The van der Waals surface area contributed by atoms with Crippen LogP contribution in [0, 0.1) is 0 Å². The predicted octanol–water partition coefficient (Wildman–Crippen LogP) is 0.683. The Bertz CT molecular complexity index is 514. The Morgan fingerprint density at radius 1 is 1.57 bits per heavy atom. The monoisotopic (exact) mass is 292 g/mol. The number of nitrogens with zero attached hydrogens (tertiary/aromatic N) is 2. The van der Waals surface area contributed by atoms with Crippen LogP contribution in [0.2, 0.25) is 0 Å². The van der Waals surface area contributed by atoms with Crippen LogP contribution in [-0.2, 0) is 11.3 Å². The summed E-state index contributed by atoms with van der Waals surface area (Å²) in [5.74, 6) is -0.0827. The second-order valence-corrected chi connectivity index (χ2v) is 5.90. The highest BCUT2D eigenvalue weighted by molar-refractivity contribution is 5.93. The molecule has 2 fully saturated rings. The number of morpholine rings is 1. The van der Waals surface area contributed by atoms with E-state index in [1.165, 1.54) is 12.8 Å². The number of nitrogens with one attached hydrogen (secondary N) is 1. The number of carbonyl (C=O) groups excluding carboxylic acids is 1. The van der Waals surface area contributed by atoms with Gasteiger partial charge in [-0.15, -0.1) is 0 Å². The Labute approximate surface area is 125 Å². The molecule has 2 aliphatic rings. The maximum Gasteiger partial charge on any atom is 0.268 e. The van der Waals surface area contributed by atoms with Gasteiger partial charge >= 0.3 is 0 Å². The fourth-order valence-electron chi connectivity index (χ4n) is 3.29. The van der Waals surface area contributed by atoms with E-state index in [9.17, 15) is 4.79 Å². The van der Waals surface area contributed by atoms with E-state index in [0.717, 1.165) is 26.2 Å². The molecule has 0 bridgehead atoms. The molecule has 2 aliphatic heterocycles. The van der Waals surface area contributed by atoms with E-state index in [1.807, 2.05) is 11.5 Å². The first-order valence-corrected chi connectivity index (χ1v) is 7.77. The van der Waals surface area contributed by atoms with Crippen LogP contribution in [0.15, 0.2) is 12.3 Å². The molecule has 2 saturated heterocycles. The Kier molecular flexibility index (Phi) is 4.17. The van der Waals surface area contributed by atoms with Gasteiger partial charge in [0.1, 0.15) is 5.69 Å². The maximum absolute atomic E-state index is 12.3. The molecule has 21 heavy (non-hydrogen) atoms. The topological polar surface area (TPSA) is 72.5 Å². The Morgan fingerprint density at radius 2 is 2.43 bits per heavy atom. The molecule has 0 spiro atoms. The average Bonchev–Trinajstić information content (AvgIpc) is 3.09. The van der Waals surface area contributed by atoms with Gasteiger partial charge < -0.3 is 20.4 Å². The van der Waals surface area contributed by atoms with Crippen molar-refractivity contribution in [3.63, 3.8) is 0 Å². The van der Waals surface area contributed by atoms with Crippen molar-refractivity contribution < 1.29 is 9.53 Å². The number of rotatable bonds is 4. The van der Waals surface area contributed by atoms with E-state index in [4.69, 9.17) is 10.5 Å². The van der Waals surface area contributed by atoms with Crippen molar-refractivity contribution in [2.24, 2.45) is 0 Å². The fourth-order valence-corrected chi connectivity index (χ4v) is 3.29. The SMILES string of the molecule is CCn1cc(N)cc1C(=O)NCC1CN2CCCC2CO1. The third kappa shape index (κ3) is 3.06. The standard InChI is InChI=1S/C15H24N4O2/c1-2-18-8-11(16)6-14(18)15(20)17-7-13-9-19-5-3-4-12(19)10-21-13/h6,8,12-13H,2-5,7,9-10,16H2,1H3,(H,17,20). The molecule has 3 heterocycles. The number of ether oxygens (including phenoxy) is 1. The lowest BCUT2D eigenvalue weighted by atomic mass is 10.2. The van der Waals surface area contributed by atoms with Crippen LogP contribution in [0.4, 0.5) is 5.69 Å². The molecule has 2 unspecified atom stereocenters. The summed E-state index contributed by atoms with van der Waals surface area (Å²) in [4.78, 5) is 14.7. The van der Waals surface area contributed by atoms with Crippen molar-refractivity contribution in [2.75, 3.05) is 32.0 Å². The van der Waals surface area contributed by atoms with Crippen LogP contribution in [0.5, 0.6) is 0 Å². The van der Waals surface area contributed by atoms with Crippen LogP contribution >= 0.6 is 0 Å². The molecule has 3 rings (SSSR count). The van der Waals surface area contributed by atoms with Gasteiger partial charge in [0.05, 0.1) is 18.4 Å². The molecular formula is C15H24N4O2. The second-order valence-electron chi connectivity index (χ2n) is 5.90. The van der Waals surface area contributed by atoms with Gasteiger partial charge in [-0.25, -0.2) is 0 Å². The molecule has 0 aliphatic carbocycles. The van der Waals surface area contributed by atoms with Crippen LogP contribution in [0.1, 0.15) is 30.3 Å². The van der Waals surface area contributed by atoms with E-state index < -0.39 is 0 Å². The Morgan fingerprint density at radius 3 is 3.24 bits per heavy atom. The van der Waals surface area contributed by atoms with Gasteiger partial charge in [-0.2, -0.15) is 0 Å². The highest BCUT2D eigenvalue weighted by Gasteiger charge is 2.32. The molecule has 6 nitrogen and oxygen atoms in total. The molecule has 1 amide bonds. The molecule has 0 radical (unpaired) electrons. The number of nitrogen functional groups attached to an aromatic ring is 1. The zero-order valence-electron chi connectivity index (χ0n) is 12.5. The van der Waals surface area contributed by atoms with E-state index in [1.54, 1.807) is 12.3 Å². The number of anilines is 1. The van der Waals surface area contributed by atoms with Crippen LogP contribution in [0.25, 0.3) is 0 Å². The molecule has 0 aromatic carbocycles. The van der Waals surface area contributed by atoms with Gasteiger partial charge in [-0.3, -0.25) is 9.69 Å². The number of fused-ring (bicyclic) bond motifs is 1. The molecule has 3 N–H and O–H groups in total. The van der Waals surface area contributed by atoms with Gasteiger partial charge in [0.2, 0.25) is 0 Å². The van der Waals surface area contributed by atoms with Gasteiger partial charge in [0.25, 0.3) is 5.91 Å². The number of aromatic nitrogens is 1. The number of carbonyl (C=O) groups is 1. The predicted molar refractivity (Wildman–Crippen MR) is 81.2 cm³/mol. The number of hydrogen-bond donors (Lipinski definition) is 2. The third-order valence-corrected chi connectivity index (χ3v) is 4.44.